The molecule has 0 radical (unpaired) electrons. The van der Waals surface area contributed by atoms with E-state index in [0.717, 1.165) is 5.39 Å². The third-order valence-corrected chi connectivity index (χ3v) is 3.65. The molecule has 0 aromatic carbocycles. The number of fused-ring (bicyclic) bond motifs is 1. The Kier molecular flexibility index (Phi) is 3.27. The molecule has 2 N–H and O–H groups in total. The van der Waals surface area contributed by atoms with Gasteiger partial charge < -0.3 is 15.4 Å². The molecule has 0 atom stereocenters. The zero-order chi connectivity index (χ0) is 15.0. The van der Waals surface area contributed by atoms with E-state index in [0.29, 0.717) is 23.0 Å². The number of pyridine rings is 2. The van der Waals surface area contributed by atoms with E-state index in [9.17, 15) is 8.78 Å². The minimum absolute atomic E-state index is 0.186. The van der Waals surface area contributed by atoms with Gasteiger partial charge >= 0.3 is 0 Å². The van der Waals surface area contributed by atoms with Crippen molar-refractivity contribution in [2.45, 2.75) is 18.8 Å². The summed E-state index contributed by atoms with van der Waals surface area (Å²) in [7, 11) is 1.53. The maximum absolute atomic E-state index is 13.3. The Morgan fingerprint density at radius 3 is 2.62 bits per heavy atom. The number of nitrogens with two attached hydrogens (primary N) is 1. The number of nitrogen functional groups attached to an aromatic ring is 1. The van der Waals surface area contributed by atoms with Gasteiger partial charge in [0.1, 0.15) is 11.3 Å². The Labute approximate surface area is 120 Å². The number of hydrogen-bond donors (Lipinski definition) is 1. The number of nitrogens with zero attached hydrogens (tertiary/aromatic N) is 3. The highest BCUT2D eigenvalue weighted by Gasteiger charge is 2.35. The van der Waals surface area contributed by atoms with Gasteiger partial charge in [0.2, 0.25) is 5.88 Å². The molecular formula is C14H16F2N4O. The van der Waals surface area contributed by atoms with E-state index < -0.39 is 5.92 Å². The molecule has 1 saturated heterocycles. The highest BCUT2D eigenvalue weighted by Crippen LogP contribution is 2.33. The van der Waals surface area contributed by atoms with E-state index in [1.54, 1.807) is 12.1 Å². The lowest BCUT2D eigenvalue weighted by Gasteiger charge is -2.33. The Morgan fingerprint density at radius 2 is 1.95 bits per heavy atom. The van der Waals surface area contributed by atoms with Crippen molar-refractivity contribution in [3.63, 3.8) is 0 Å². The molecule has 0 spiro atoms. The van der Waals surface area contributed by atoms with Crippen LogP contribution in [0.1, 0.15) is 12.8 Å². The predicted octanol–water partition coefficient (Wildman–Crippen LogP) is 2.46. The number of hydrogen-bond acceptors (Lipinski definition) is 5. The van der Waals surface area contributed by atoms with Gasteiger partial charge in [-0.15, -0.1) is 0 Å². The van der Waals surface area contributed by atoms with Crippen LogP contribution < -0.4 is 15.4 Å². The second-order valence-corrected chi connectivity index (χ2v) is 5.14. The summed E-state index contributed by atoms with van der Waals surface area (Å²) in [4.78, 5) is 10.5. The Balaban J connectivity index is 2.04. The first-order valence-electron chi connectivity index (χ1n) is 6.72. The van der Waals surface area contributed by atoms with Gasteiger partial charge in [0, 0.05) is 37.4 Å². The lowest BCUT2D eigenvalue weighted by atomic mass is 10.1. The van der Waals surface area contributed by atoms with Crippen LogP contribution in [0.15, 0.2) is 18.2 Å². The zero-order valence-electron chi connectivity index (χ0n) is 11.6. The van der Waals surface area contributed by atoms with Crippen molar-refractivity contribution >= 4 is 22.5 Å². The molecule has 1 aliphatic rings. The van der Waals surface area contributed by atoms with Crippen LogP contribution >= 0.6 is 0 Å². The van der Waals surface area contributed by atoms with Crippen LogP contribution in [-0.2, 0) is 0 Å². The molecule has 112 valence electrons. The van der Waals surface area contributed by atoms with Crippen molar-refractivity contribution < 1.29 is 13.5 Å². The highest BCUT2D eigenvalue weighted by atomic mass is 19.3. The number of methoxy groups -OCH3 is 1. The van der Waals surface area contributed by atoms with Gasteiger partial charge in [0.05, 0.1) is 7.11 Å². The second-order valence-electron chi connectivity index (χ2n) is 5.14. The van der Waals surface area contributed by atoms with Gasteiger partial charge in [-0.3, -0.25) is 0 Å². The van der Waals surface area contributed by atoms with Gasteiger partial charge in [-0.05, 0) is 12.1 Å². The van der Waals surface area contributed by atoms with E-state index in [4.69, 9.17) is 10.5 Å². The summed E-state index contributed by atoms with van der Waals surface area (Å²) in [6.07, 6.45) is -0.371. The number of alkyl halides is 2. The van der Waals surface area contributed by atoms with Gasteiger partial charge in [0.15, 0.2) is 5.82 Å². The Morgan fingerprint density at radius 1 is 1.24 bits per heavy atom. The van der Waals surface area contributed by atoms with Crippen molar-refractivity contribution in [3.8, 4) is 5.88 Å². The average Bonchev–Trinajstić information content (AvgIpc) is 2.46. The van der Waals surface area contributed by atoms with Crippen LogP contribution in [0.2, 0.25) is 0 Å². The molecule has 0 amide bonds. The van der Waals surface area contributed by atoms with Crippen LogP contribution in [-0.4, -0.2) is 36.1 Å². The zero-order valence-corrected chi connectivity index (χ0v) is 11.6. The van der Waals surface area contributed by atoms with Crippen LogP contribution in [0.5, 0.6) is 5.88 Å². The van der Waals surface area contributed by atoms with E-state index in [1.165, 1.54) is 7.11 Å². The van der Waals surface area contributed by atoms with Gasteiger partial charge in [-0.25, -0.2) is 18.7 Å². The number of rotatable bonds is 2. The molecule has 0 unspecified atom stereocenters. The lowest BCUT2D eigenvalue weighted by Crippen LogP contribution is -2.40. The van der Waals surface area contributed by atoms with Gasteiger partial charge in [-0.1, -0.05) is 0 Å². The fourth-order valence-electron chi connectivity index (χ4n) is 2.49. The predicted molar refractivity (Wildman–Crippen MR) is 76.9 cm³/mol. The van der Waals surface area contributed by atoms with E-state index in [2.05, 4.69) is 9.97 Å². The number of anilines is 2. The summed E-state index contributed by atoms with van der Waals surface area (Å²) in [5, 5.41) is 0.815. The molecule has 1 aliphatic heterocycles. The average molecular weight is 294 g/mol. The molecule has 2 aromatic heterocycles. The third kappa shape index (κ3) is 2.68. The van der Waals surface area contributed by atoms with Crippen LogP contribution in [0, 0.1) is 0 Å². The molecular weight excluding hydrogens is 278 g/mol. The normalized spacial score (nSPS) is 18.0. The fraction of sp³-hybridized carbons (Fsp3) is 0.429. The number of aromatic nitrogens is 2. The van der Waals surface area contributed by atoms with Crippen LogP contribution in [0.3, 0.4) is 0 Å². The van der Waals surface area contributed by atoms with Gasteiger partial charge in [0.25, 0.3) is 5.92 Å². The maximum Gasteiger partial charge on any atom is 0.251 e. The minimum atomic E-state index is -2.60. The Bertz CT molecular complexity index is 667. The molecule has 0 saturated carbocycles. The summed E-state index contributed by atoms with van der Waals surface area (Å²) in [6, 6.07) is 5.28. The maximum atomic E-state index is 13.3. The molecule has 0 aliphatic carbocycles. The summed E-state index contributed by atoms with van der Waals surface area (Å²) in [6.45, 7) is 0.467. The molecule has 0 bridgehead atoms. The SMILES string of the molecule is COc1ccc2cc(N)nc(N3CCC(F)(F)CC3)c2n1. The summed E-state index contributed by atoms with van der Waals surface area (Å²) < 4.78 is 31.7. The summed E-state index contributed by atoms with van der Waals surface area (Å²) >= 11 is 0. The first-order valence-corrected chi connectivity index (χ1v) is 6.72. The van der Waals surface area contributed by atoms with Crippen molar-refractivity contribution in [2.75, 3.05) is 30.8 Å². The largest absolute Gasteiger partial charge is 0.481 e. The minimum Gasteiger partial charge on any atom is -0.481 e. The lowest BCUT2D eigenvalue weighted by molar-refractivity contribution is -0.0221. The van der Waals surface area contributed by atoms with Crippen molar-refractivity contribution in [1.29, 1.82) is 0 Å². The number of piperidine rings is 1. The molecule has 5 nitrogen and oxygen atoms in total. The summed E-state index contributed by atoms with van der Waals surface area (Å²) in [5.74, 6) is -1.25. The Hall–Kier alpha value is -2.18. The van der Waals surface area contributed by atoms with Crippen LogP contribution in [0.25, 0.3) is 10.9 Å². The summed E-state index contributed by atoms with van der Waals surface area (Å²) in [5.41, 5.74) is 6.43. The second kappa shape index (κ2) is 4.98. The topological polar surface area (TPSA) is 64.3 Å². The fourth-order valence-corrected chi connectivity index (χ4v) is 2.49. The number of halogens is 2. The third-order valence-electron chi connectivity index (χ3n) is 3.65. The first kappa shape index (κ1) is 13.8. The molecule has 21 heavy (non-hydrogen) atoms. The van der Waals surface area contributed by atoms with E-state index >= 15 is 0 Å². The molecule has 1 fully saturated rings. The van der Waals surface area contributed by atoms with Crippen molar-refractivity contribution in [1.82, 2.24) is 9.97 Å². The monoisotopic (exact) mass is 294 g/mol. The highest BCUT2D eigenvalue weighted by molar-refractivity contribution is 5.91. The van der Waals surface area contributed by atoms with Crippen molar-refractivity contribution in [3.05, 3.63) is 18.2 Å². The van der Waals surface area contributed by atoms with E-state index in [1.807, 2.05) is 11.0 Å². The molecule has 3 heterocycles. The molecule has 3 rings (SSSR count). The van der Waals surface area contributed by atoms with Gasteiger partial charge in [-0.2, -0.15) is 0 Å². The number of ether oxygens (including phenoxy) is 1. The van der Waals surface area contributed by atoms with E-state index in [-0.39, 0.29) is 25.9 Å². The van der Waals surface area contributed by atoms with Crippen molar-refractivity contribution in [2.24, 2.45) is 0 Å². The standard InChI is InChI=1S/C14H16F2N4O/c1-21-11-3-2-9-8-10(17)18-13(12(9)19-11)20-6-4-14(15,16)5-7-20/h2-3,8H,4-7H2,1H3,(H2,17,18). The smallest absolute Gasteiger partial charge is 0.251 e. The molecule has 7 heteroatoms. The quantitative estimate of drug-likeness (QED) is 0.921. The molecule has 2 aromatic rings. The van der Waals surface area contributed by atoms with Crippen LogP contribution in [0.4, 0.5) is 20.4 Å². The first-order chi connectivity index (χ1) is 9.98.